The predicted octanol–water partition coefficient (Wildman–Crippen LogP) is 5.56. The Balaban J connectivity index is 1.53. The Hall–Kier alpha value is -3.22. The van der Waals surface area contributed by atoms with E-state index in [1.54, 1.807) is 12.4 Å². The number of benzene rings is 1. The molecule has 1 saturated heterocycles. The molecule has 0 bridgehead atoms. The Kier molecular flexibility index (Phi) is 5.40. The molecule has 0 aliphatic carbocycles. The molecule has 4 heterocycles. The van der Waals surface area contributed by atoms with Crippen LogP contribution in [0.4, 0.5) is 0 Å². The summed E-state index contributed by atoms with van der Waals surface area (Å²) in [6, 6.07) is 23.1. The normalized spacial score (nSPS) is 18.2. The van der Waals surface area contributed by atoms with E-state index in [1.807, 2.05) is 72.8 Å². The smallest absolute Gasteiger partial charge is 0.170 e. The number of hydrogen-bond donors (Lipinski definition) is 1. The van der Waals surface area contributed by atoms with Crippen molar-refractivity contribution in [3.63, 3.8) is 0 Å². The van der Waals surface area contributed by atoms with Gasteiger partial charge in [-0.3, -0.25) is 9.97 Å². The van der Waals surface area contributed by atoms with Crippen LogP contribution in [0.5, 0.6) is 0 Å². The van der Waals surface area contributed by atoms with Gasteiger partial charge in [-0.2, -0.15) is 0 Å². The Morgan fingerprint density at radius 3 is 2.42 bits per heavy atom. The van der Waals surface area contributed by atoms with Gasteiger partial charge in [0.15, 0.2) is 5.11 Å². The number of thiocarbonyl (C=S) groups is 1. The fourth-order valence-corrected chi connectivity index (χ4v) is 4.26. The number of hydrogen-bond acceptors (Lipinski definition) is 4. The summed E-state index contributed by atoms with van der Waals surface area (Å²) in [5, 5.41) is 4.78. The summed E-state index contributed by atoms with van der Waals surface area (Å²) in [6.45, 7) is 0.567. The van der Waals surface area contributed by atoms with Crippen LogP contribution in [0.25, 0.3) is 11.3 Å². The summed E-state index contributed by atoms with van der Waals surface area (Å²) in [7, 11) is 0. The second-order valence-corrected chi connectivity index (χ2v) is 8.11. The minimum atomic E-state index is -0.162. The lowest BCUT2D eigenvalue weighted by Gasteiger charge is -2.25. The number of aromatic nitrogens is 2. The van der Waals surface area contributed by atoms with Gasteiger partial charge < -0.3 is 14.6 Å². The Morgan fingerprint density at radius 2 is 1.71 bits per heavy atom. The molecule has 1 aliphatic rings. The zero-order valence-corrected chi connectivity index (χ0v) is 18.1. The van der Waals surface area contributed by atoms with Crippen LogP contribution in [0, 0.1) is 0 Å². The Bertz CT molecular complexity index is 1180. The van der Waals surface area contributed by atoms with E-state index in [-0.39, 0.29) is 12.1 Å². The number of pyridine rings is 2. The first-order chi connectivity index (χ1) is 15.2. The van der Waals surface area contributed by atoms with Crippen molar-refractivity contribution in [1.82, 2.24) is 20.2 Å². The molecule has 4 aromatic rings. The van der Waals surface area contributed by atoms with Gasteiger partial charge in [-0.15, -0.1) is 0 Å². The third kappa shape index (κ3) is 4.04. The van der Waals surface area contributed by atoms with E-state index in [1.165, 1.54) is 0 Å². The molecule has 0 saturated carbocycles. The largest absolute Gasteiger partial charge is 0.459 e. The molecule has 1 fully saturated rings. The number of rotatable bonds is 5. The van der Waals surface area contributed by atoms with E-state index in [9.17, 15) is 0 Å². The molecular weight excluding hydrogens is 428 g/mol. The maximum absolute atomic E-state index is 6.33. The second-order valence-electron chi connectivity index (χ2n) is 7.28. The first-order valence-electron chi connectivity index (χ1n) is 9.93. The third-order valence-electron chi connectivity index (χ3n) is 5.30. The van der Waals surface area contributed by atoms with Crippen molar-refractivity contribution in [3.8, 4) is 11.3 Å². The molecule has 0 unspecified atom stereocenters. The van der Waals surface area contributed by atoms with Gasteiger partial charge in [0.05, 0.1) is 24.0 Å². The van der Waals surface area contributed by atoms with Crippen molar-refractivity contribution in [1.29, 1.82) is 0 Å². The first-order valence-corrected chi connectivity index (χ1v) is 10.7. The van der Waals surface area contributed by atoms with Crippen LogP contribution in [-0.2, 0) is 6.54 Å². The molecule has 154 valence electrons. The summed E-state index contributed by atoms with van der Waals surface area (Å²) in [6.07, 6.45) is 3.58. The van der Waals surface area contributed by atoms with Gasteiger partial charge in [0.1, 0.15) is 17.6 Å². The van der Waals surface area contributed by atoms with Gasteiger partial charge in [-0.25, -0.2) is 0 Å². The zero-order valence-electron chi connectivity index (χ0n) is 16.5. The van der Waals surface area contributed by atoms with Crippen molar-refractivity contribution >= 4 is 28.9 Å². The first kappa shape index (κ1) is 19.7. The van der Waals surface area contributed by atoms with Crippen molar-refractivity contribution in [2.75, 3.05) is 0 Å². The van der Waals surface area contributed by atoms with Gasteiger partial charge in [0.2, 0.25) is 0 Å². The molecule has 1 N–H and O–H groups in total. The van der Waals surface area contributed by atoms with Crippen molar-refractivity contribution in [3.05, 3.63) is 107 Å². The number of furan rings is 1. The molecule has 0 radical (unpaired) electrons. The van der Waals surface area contributed by atoms with Gasteiger partial charge >= 0.3 is 0 Å². The topological polar surface area (TPSA) is 54.2 Å². The molecule has 0 spiro atoms. The molecule has 3 aromatic heterocycles. The highest BCUT2D eigenvalue weighted by molar-refractivity contribution is 7.80. The van der Waals surface area contributed by atoms with Crippen LogP contribution in [0.2, 0.25) is 5.02 Å². The van der Waals surface area contributed by atoms with Crippen molar-refractivity contribution in [2.45, 2.75) is 18.6 Å². The van der Waals surface area contributed by atoms with E-state index in [0.717, 1.165) is 28.5 Å². The maximum Gasteiger partial charge on any atom is 0.170 e. The lowest BCUT2D eigenvalue weighted by Crippen LogP contribution is -2.29. The minimum absolute atomic E-state index is 0.137. The summed E-state index contributed by atoms with van der Waals surface area (Å²) in [5.41, 5.74) is 2.81. The molecule has 1 aliphatic heterocycles. The van der Waals surface area contributed by atoms with E-state index in [0.29, 0.717) is 16.7 Å². The van der Waals surface area contributed by atoms with Crippen LogP contribution in [0.1, 0.15) is 29.2 Å². The van der Waals surface area contributed by atoms with E-state index in [4.69, 9.17) is 28.2 Å². The number of nitrogens with one attached hydrogen (secondary N) is 1. The fraction of sp³-hybridized carbons (Fsp3) is 0.125. The highest BCUT2D eigenvalue weighted by atomic mass is 35.5. The SMILES string of the molecule is S=C1N[C@@H](c2ccccn2)[C@H](c2ccc(-c3ccc(Cl)cc3)o2)N1Cc1ccccn1. The molecule has 5 rings (SSSR count). The third-order valence-corrected chi connectivity index (χ3v) is 5.91. The molecule has 31 heavy (non-hydrogen) atoms. The van der Waals surface area contributed by atoms with E-state index in [2.05, 4.69) is 20.2 Å². The summed E-state index contributed by atoms with van der Waals surface area (Å²) < 4.78 is 6.33. The van der Waals surface area contributed by atoms with E-state index < -0.39 is 0 Å². The van der Waals surface area contributed by atoms with Crippen molar-refractivity contribution in [2.24, 2.45) is 0 Å². The molecule has 5 nitrogen and oxygen atoms in total. The molecule has 1 aromatic carbocycles. The maximum atomic E-state index is 6.33. The average Bonchev–Trinajstić information content (AvgIpc) is 3.41. The predicted molar refractivity (Wildman–Crippen MR) is 124 cm³/mol. The lowest BCUT2D eigenvalue weighted by atomic mass is 10.0. The Morgan fingerprint density at radius 1 is 0.935 bits per heavy atom. The second kappa shape index (κ2) is 8.49. The van der Waals surface area contributed by atoms with Crippen LogP contribution < -0.4 is 5.32 Å². The van der Waals surface area contributed by atoms with Gasteiger partial charge in [0.25, 0.3) is 0 Å². The van der Waals surface area contributed by atoms with Gasteiger partial charge in [0, 0.05) is 23.0 Å². The van der Waals surface area contributed by atoms with Crippen molar-refractivity contribution < 1.29 is 4.42 Å². The number of nitrogens with zero attached hydrogens (tertiary/aromatic N) is 3. The Labute approximate surface area is 190 Å². The van der Waals surface area contributed by atoms with E-state index >= 15 is 0 Å². The fourth-order valence-electron chi connectivity index (χ4n) is 3.83. The van der Waals surface area contributed by atoms with Crippen LogP contribution in [0.3, 0.4) is 0 Å². The molecule has 7 heteroatoms. The quantitative estimate of drug-likeness (QED) is 0.405. The summed E-state index contributed by atoms with van der Waals surface area (Å²) >= 11 is 11.7. The highest BCUT2D eigenvalue weighted by Gasteiger charge is 2.41. The molecule has 0 amide bonds. The monoisotopic (exact) mass is 446 g/mol. The summed E-state index contributed by atoms with van der Waals surface area (Å²) in [4.78, 5) is 11.2. The average molecular weight is 447 g/mol. The van der Waals surface area contributed by atoms with Gasteiger partial charge in [-0.1, -0.05) is 23.7 Å². The summed E-state index contributed by atoms with van der Waals surface area (Å²) in [5.74, 6) is 1.59. The van der Waals surface area contributed by atoms with Crippen LogP contribution in [-0.4, -0.2) is 20.0 Å². The van der Waals surface area contributed by atoms with Gasteiger partial charge in [-0.05, 0) is 72.9 Å². The highest BCUT2D eigenvalue weighted by Crippen LogP contribution is 2.41. The van der Waals surface area contributed by atoms with Crippen LogP contribution in [0.15, 0.2) is 89.6 Å². The zero-order chi connectivity index (χ0) is 21.2. The minimum Gasteiger partial charge on any atom is -0.459 e. The molecule has 2 atom stereocenters. The molecular formula is C24H19ClN4OS. The standard InChI is InChI=1S/C24H19ClN4OS/c25-17-9-7-16(8-10-17)20-11-12-21(30-20)23-22(19-6-2-4-14-27-19)28-24(31)29(23)15-18-5-1-3-13-26-18/h1-14,22-23H,15H2,(H,28,31)/t22-,23-/m0/s1. The number of halogens is 1. The van der Waals surface area contributed by atoms with Crippen LogP contribution >= 0.6 is 23.8 Å². The lowest BCUT2D eigenvalue weighted by molar-refractivity contribution is 0.267.